The van der Waals surface area contributed by atoms with E-state index in [1.807, 2.05) is 13.8 Å². The normalized spacial score (nSPS) is 10.8. The molecular weight excluding hydrogens is 218 g/mol. The third-order valence-corrected chi connectivity index (χ3v) is 2.30. The minimum absolute atomic E-state index is 0.104. The first-order valence-corrected chi connectivity index (χ1v) is 5.36. The molecule has 6 heteroatoms. The maximum absolute atomic E-state index is 11.9. The molecule has 0 radical (unpaired) electrons. The molecule has 0 aliphatic heterocycles. The highest BCUT2D eigenvalue weighted by Gasteiger charge is 2.14. The monoisotopic (exact) mass is 231 g/mol. The van der Waals surface area contributed by atoms with Gasteiger partial charge in [0.05, 0.1) is 12.6 Å². The number of ketones is 1. The Morgan fingerprint density at radius 2 is 2.18 bits per heavy atom. The number of carbonyl (C=O) groups is 1. The Balaban J connectivity index is 2.16. The fourth-order valence-electron chi connectivity index (χ4n) is 1.51. The van der Waals surface area contributed by atoms with Crippen LogP contribution < -0.4 is 0 Å². The Labute approximate surface area is 98.7 Å². The van der Waals surface area contributed by atoms with Crippen LogP contribution >= 0.6 is 0 Å². The number of hydrogen-bond acceptors (Lipinski definition) is 5. The highest BCUT2D eigenvalue weighted by Crippen LogP contribution is 2.07. The van der Waals surface area contributed by atoms with Crippen molar-refractivity contribution in [2.75, 3.05) is 0 Å². The molecule has 88 valence electrons. The van der Waals surface area contributed by atoms with Crippen LogP contribution in [0.15, 0.2) is 24.9 Å². The number of nitrogens with zero attached hydrogens (tertiary/aromatic N) is 5. The van der Waals surface area contributed by atoms with Crippen molar-refractivity contribution in [2.45, 2.75) is 26.3 Å². The molecule has 0 bridgehead atoms. The lowest BCUT2D eigenvalue weighted by atomic mass is 10.2. The van der Waals surface area contributed by atoms with E-state index in [1.165, 1.54) is 24.9 Å². The van der Waals surface area contributed by atoms with Gasteiger partial charge in [0.25, 0.3) is 0 Å². The summed E-state index contributed by atoms with van der Waals surface area (Å²) in [6.45, 7) is 3.98. The van der Waals surface area contributed by atoms with E-state index in [2.05, 4.69) is 20.1 Å². The van der Waals surface area contributed by atoms with Crippen LogP contribution in [0.1, 0.15) is 36.2 Å². The second-order valence-corrected chi connectivity index (χ2v) is 3.91. The second kappa shape index (κ2) is 4.82. The first-order chi connectivity index (χ1) is 8.18. The quantitative estimate of drug-likeness (QED) is 0.736. The zero-order valence-electron chi connectivity index (χ0n) is 9.74. The maximum atomic E-state index is 11.9. The average Bonchev–Trinajstić information content (AvgIpc) is 2.78. The van der Waals surface area contributed by atoms with Crippen LogP contribution in [0.25, 0.3) is 0 Å². The second-order valence-electron chi connectivity index (χ2n) is 3.91. The third kappa shape index (κ3) is 2.52. The average molecular weight is 231 g/mol. The molecule has 2 heterocycles. The molecule has 0 spiro atoms. The number of rotatable bonds is 4. The van der Waals surface area contributed by atoms with Gasteiger partial charge in [0, 0.05) is 18.4 Å². The zero-order chi connectivity index (χ0) is 12.3. The van der Waals surface area contributed by atoms with Gasteiger partial charge in [-0.2, -0.15) is 5.10 Å². The predicted molar refractivity (Wildman–Crippen MR) is 60.5 cm³/mol. The lowest BCUT2D eigenvalue weighted by Gasteiger charge is -2.08. The predicted octanol–water partition coefficient (Wildman–Crippen LogP) is 1.07. The van der Waals surface area contributed by atoms with E-state index in [-0.39, 0.29) is 18.2 Å². The molecule has 2 rings (SSSR count). The van der Waals surface area contributed by atoms with Crippen LogP contribution in [0.5, 0.6) is 0 Å². The molecule has 17 heavy (non-hydrogen) atoms. The molecule has 2 aromatic rings. The topological polar surface area (TPSA) is 73.6 Å². The summed E-state index contributed by atoms with van der Waals surface area (Å²) in [6.07, 6.45) is 6.14. The highest BCUT2D eigenvalue weighted by molar-refractivity contribution is 5.94. The summed E-state index contributed by atoms with van der Waals surface area (Å²) in [5.74, 6) is 0.545. The Kier molecular flexibility index (Phi) is 3.22. The number of carbonyl (C=O) groups excluding carboxylic acids is 1. The highest BCUT2D eigenvalue weighted by atomic mass is 16.1. The van der Waals surface area contributed by atoms with Crippen LogP contribution in [-0.2, 0) is 6.42 Å². The van der Waals surface area contributed by atoms with Gasteiger partial charge < -0.3 is 0 Å². The zero-order valence-corrected chi connectivity index (χ0v) is 9.74. The van der Waals surface area contributed by atoms with Crippen LogP contribution in [0, 0.1) is 0 Å². The van der Waals surface area contributed by atoms with Crippen molar-refractivity contribution in [1.29, 1.82) is 0 Å². The number of aromatic nitrogens is 5. The maximum Gasteiger partial charge on any atom is 0.190 e. The van der Waals surface area contributed by atoms with E-state index in [0.717, 1.165) is 0 Å². The van der Waals surface area contributed by atoms with Crippen molar-refractivity contribution in [3.05, 3.63) is 36.4 Å². The summed E-state index contributed by atoms with van der Waals surface area (Å²) in [5.41, 5.74) is 0.353. The Morgan fingerprint density at radius 3 is 2.82 bits per heavy atom. The van der Waals surface area contributed by atoms with E-state index < -0.39 is 0 Å². The van der Waals surface area contributed by atoms with Crippen LogP contribution in [0.4, 0.5) is 0 Å². The van der Waals surface area contributed by atoms with E-state index in [4.69, 9.17) is 0 Å². The molecule has 0 aliphatic carbocycles. The van der Waals surface area contributed by atoms with E-state index in [0.29, 0.717) is 11.5 Å². The molecule has 0 saturated heterocycles. The molecule has 2 aromatic heterocycles. The standard InChI is InChI=1S/C11H13N5O/c1-8(2)16-11(14-7-15-16)5-10(17)9-6-12-3-4-13-9/h3-4,6-8H,5H2,1-2H3. The van der Waals surface area contributed by atoms with Crippen LogP contribution in [0.2, 0.25) is 0 Å². The summed E-state index contributed by atoms with van der Waals surface area (Å²) in [6, 6.07) is 0.183. The van der Waals surface area contributed by atoms with Gasteiger partial charge in [-0.3, -0.25) is 9.78 Å². The van der Waals surface area contributed by atoms with Gasteiger partial charge in [0.1, 0.15) is 17.8 Å². The lowest BCUT2D eigenvalue weighted by molar-refractivity contribution is 0.0984. The lowest BCUT2D eigenvalue weighted by Crippen LogP contribution is -2.14. The van der Waals surface area contributed by atoms with Crippen molar-refractivity contribution in [1.82, 2.24) is 24.7 Å². The van der Waals surface area contributed by atoms with Gasteiger partial charge in [0.15, 0.2) is 5.78 Å². The first-order valence-electron chi connectivity index (χ1n) is 5.36. The SMILES string of the molecule is CC(C)n1ncnc1CC(=O)c1cnccn1. The van der Waals surface area contributed by atoms with Gasteiger partial charge in [-0.15, -0.1) is 0 Å². The summed E-state index contributed by atoms with van der Waals surface area (Å²) in [7, 11) is 0. The van der Waals surface area contributed by atoms with Gasteiger partial charge in [-0.1, -0.05) is 0 Å². The Hall–Kier alpha value is -2.11. The molecule has 0 aliphatic rings. The van der Waals surface area contributed by atoms with Gasteiger partial charge >= 0.3 is 0 Å². The molecule has 0 N–H and O–H groups in total. The van der Waals surface area contributed by atoms with Crippen LogP contribution in [-0.4, -0.2) is 30.5 Å². The molecule has 6 nitrogen and oxygen atoms in total. The Morgan fingerprint density at radius 1 is 1.35 bits per heavy atom. The minimum Gasteiger partial charge on any atom is -0.292 e. The number of hydrogen-bond donors (Lipinski definition) is 0. The molecule has 0 unspecified atom stereocenters. The van der Waals surface area contributed by atoms with Crippen molar-refractivity contribution >= 4 is 5.78 Å². The fourth-order valence-corrected chi connectivity index (χ4v) is 1.51. The molecule has 0 aromatic carbocycles. The molecular formula is C11H13N5O. The van der Waals surface area contributed by atoms with Gasteiger partial charge in [-0.05, 0) is 13.8 Å². The summed E-state index contributed by atoms with van der Waals surface area (Å²) < 4.78 is 1.73. The third-order valence-electron chi connectivity index (χ3n) is 2.30. The molecule has 0 saturated carbocycles. The fraction of sp³-hybridized carbons (Fsp3) is 0.364. The van der Waals surface area contributed by atoms with Crippen molar-refractivity contribution in [2.24, 2.45) is 0 Å². The molecule has 0 fully saturated rings. The summed E-state index contributed by atoms with van der Waals surface area (Å²) >= 11 is 0. The molecule has 0 atom stereocenters. The molecule has 0 amide bonds. The van der Waals surface area contributed by atoms with Gasteiger partial charge in [-0.25, -0.2) is 14.6 Å². The smallest absolute Gasteiger partial charge is 0.190 e. The largest absolute Gasteiger partial charge is 0.292 e. The Bertz CT molecular complexity index is 506. The number of Topliss-reactive ketones (excluding diaryl/α,β-unsaturated/α-hetero) is 1. The first kappa shape index (κ1) is 11.4. The van der Waals surface area contributed by atoms with E-state index in [1.54, 1.807) is 4.68 Å². The summed E-state index contributed by atoms with van der Waals surface area (Å²) in [4.78, 5) is 23.8. The van der Waals surface area contributed by atoms with E-state index >= 15 is 0 Å². The van der Waals surface area contributed by atoms with Gasteiger partial charge in [0.2, 0.25) is 0 Å². The van der Waals surface area contributed by atoms with E-state index in [9.17, 15) is 4.79 Å². The van der Waals surface area contributed by atoms with Crippen LogP contribution in [0.3, 0.4) is 0 Å². The summed E-state index contributed by atoms with van der Waals surface area (Å²) in [5, 5.41) is 4.08. The van der Waals surface area contributed by atoms with Crippen molar-refractivity contribution in [3.63, 3.8) is 0 Å². The van der Waals surface area contributed by atoms with Crippen molar-refractivity contribution in [3.8, 4) is 0 Å². The minimum atomic E-state index is -0.104. The van der Waals surface area contributed by atoms with Crippen molar-refractivity contribution < 1.29 is 4.79 Å².